The van der Waals surface area contributed by atoms with E-state index in [4.69, 9.17) is 9.84 Å². The van der Waals surface area contributed by atoms with Crippen LogP contribution in [-0.2, 0) is 9.53 Å². The zero-order valence-corrected chi connectivity index (χ0v) is 15.2. The Bertz CT molecular complexity index is 366. The molecule has 132 valence electrons. The van der Waals surface area contributed by atoms with Crippen molar-refractivity contribution < 1.29 is 14.6 Å². The second kappa shape index (κ2) is 13.7. The van der Waals surface area contributed by atoms with E-state index in [1.165, 1.54) is 36.8 Å². The molecule has 1 rings (SSSR count). The molecule has 0 aromatic rings. The minimum atomic E-state index is -0.845. The van der Waals surface area contributed by atoms with Gasteiger partial charge in [-0.15, -0.1) is 0 Å². The van der Waals surface area contributed by atoms with Crippen molar-refractivity contribution in [2.45, 2.75) is 51.9 Å². The highest BCUT2D eigenvalue weighted by atomic mass is 32.2. The molecule has 1 heterocycles. The van der Waals surface area contributed by atoms with Crippen LogP contribution in [0.5, 0.6) is 0 Å². The summed E-state index contributed by atoms with van der Waals surface area (Å²) >= 11 is 2.08. The van der Waals surface area contributed by atoms with Gasteiger partial charge in [0.1, 0.15) is 0 Å². The minimum Gasteiger partial charge on any atom is -0.478 e. The normalized spacial score (nSPS) is 21.6. The van der Waals surface area contributed by atoms with Crippen LogP contribution in [0.15, 0.2) is 24.3 Å². The van der Waals surface area contributed by atoms with Gasteiger partial charge in [0.2, 0.25) is 0 Å². The summed E-state index contributed by atoms with van der Waals surface area (Å²) in [4.78, 5) is 10.4. The van der Waals surface area contributed by atoms with E-state index >= 15 is 0 Å². The van der Waals surface area contributed by atoms with Gasteiger partial charge in [-0.25, -0.2) is 4.79 Å². The van der Waals surface area contributed by atoms with Gasteiger partial charge in [0.15, 0.2) is 0 Å². The van der Waals surface area contributed by atoms with Gasteiger partial charge < -0.3 is 9.84 Å². The van der Waals surface area contributed by atoms with Crippen molar-refractivity contribution in [3.63, 3.8) is 0 Å². The lowest BCUT2D eigenvalue weighted by Gasteiger charge is -2.18. The number of unbranched alkanes of at least 4 members (excludes halogenated alkanes) is 2. The Labute approximate surface area is 145 Å². The number of carbonyl (C=O) groups is 1. The lowest BCUT2D eigenvalue weighted by Crippen LogP contribution is -2.15. The first kappa shape index (κ1) is 20.3. The molecule has 0 saturated carbocycles. The first-order valence-electron chi connectivity index (χ1n) is 8.94. The molecule has 2 atom stereocenters. The van der Waals surface area contributed by atoms with Gasteiger partial charge in [-0.2, -0.15) is 11.8 Å². The zero-order chi connectivity index (χ0) is 16.8. The molecule has 0 aromatic carbocycles. The SMILES string of the molecule is CC/C=C/CCOCCC1CSCC1CCCC/C=C/C(=O)O. The Morgan fingerprint density at radius 1 is 1.09 bits per heavy atom. The Hall–Kier alpha value is -0.740. The monoisotopic (exact) mass is 340 g/mol. The Balaban J connectivity index is 2.04. The van der Waals surface area contributed by atoms with Crippen LogP contribution in [0.4, 0.5) is 0 Å². The van der Waals surface area contributed by atoms with Crippen LogP contribution in [0.3, 0.4) is 0 Å². The van der Waals surface area contributed by atoms with Crippen LogP contribution < -0.4 is 0 Å². The van der Waals surface area contributed by atoms with E-state index in [1.807, 2.05) is 0 Å². The highest BCUT2D eigenvalue weighted by Gasteiger charge is 2.26. The molecule has 0 amide bonds. The molecule has 0 spiro atoms. The zero-order valence-electron chi connectivity index (χ0n) is 14.4. The summed E-state index contributed by atoms with van der Waals surface area (Å²) in [6.45, 7) is 3.89. The summed E-state index contributed by atoms with van der Waals surface area (Å²) in [7, 11) is 0. The van der Waals surface area contributed by atoms with Crippen molar-refractivity contribution in [3.8, 4) is 0 Å². The fourth-order valence-electron chi connectivity index (χ4n) is 2.91. The summed E-state index contributed by atoms with van der Waals surface area (Å²) in [6.07, 6.45) is 15.2. The molecule has 0 aliphatic carbocycles. The molecule has 0 bridgehead atoms. The van der Waals surface area contributed by atoms with Crippen LogP contribution in [0.1, 0.15) is 51.9 Å². The van der Waals surface area contributed by atoms with Gasteiger partial charge in [0.05, 0.1) is 6.61 Å². The summed E-state index contributed by atoms with van der Waals surface area (Å²) < 4.78 is 5.75. The predicted octanol–water partition coefficient (Wildman–Crippen LogP) is 4.93. The van der Waals surface area contributed by atoms with Crippen LogP contribution in [0.25, 0.3) is 0 Å². The van der Waals surface area contributed by atoms with Crippen molar-refractivity contribution >= 4 is 17.7 Å². The maximum Gasteiger partial charge on any atom is 0.327 e. The number of thioether (sulfide) groups is 1. The van der Waals surface area contributed by atoms with Crippen molar-refractivity contribution in [2.24, 2.45) is 11.8 Å². The largest absolute Gasteiger partial charge is 0.478 e. The van der Waals surface area contributed by atoms with Crippen molar-refractivity contribution in [3.05, 3.63) is 24.3 Å². The number of hydrogen-bond acceptors (Lipinski definition) is 3. The average Bonchev–Trinajstić information content (AvgIpc) is 2.97. The third-order valence-corrected chi connectivity index (χ3v) is 5.58. The van der Waals surface area contributed by atoms with E-state index in [1.54, 1.807) is 6.08 Å². The van der Waals surface area contributed by atoms with Gasteiger partial charge in [0.25, 0.3) is 0 Å². The number of aliphatic carboxylic acids is 1. The number of carboxylic acid groups (broad SMARTS) is 1. The van der Waals surface area contributed by atoms with Gasteiger partial charge in [-0.1, -0.05) is 31.6 Å². The summed E-state index contributed by atoms with van der Waals surface area (Å²) in [5, 5.41) is 8.54. The quantitative estimate of drug-likeness (QED) is 0.293. The van der Waals surface area contributed by atoms with Crippen molar-refractivity contribution in [1.82, 2.24) is 0 Å². The molecule has 1 aliphatic heterocycles. The lowest BCUT2D eigenvalue weighted by atomic mass is 9.88. The van der Waals surface area contributed by atoms with Crippen LogP contribution in [0.2, 0.25) is 0 Å². The van der Waals surface area contributed by atoms with Gasteiger partial charge in [-0.3, -0.25) is 0 Å². The third-order valence-electron chi connectivity index (χ3n) is 4.25. The molecule has 1 fully saturated rings. The fourth-order valence-corrected chi connectivity index (χ4v) is 4.53. The predicted molar refractivity (Wildman–Crippen MR) is 99.0 cm³/mol. The van der Waals surface area contributed by atoms with E-state index < -0.39 is 5.97 Å². The molecule has 4 heteroatoms. The Morgan fingerprint density at radius 2 is 1.87 bits per heavy atom. The second-order valence-corrected chi connectivity index (χ2v) is 7.23. The van der Waals surface area contributed by atoms with E-state index in [2.05, 4.69) is 30.8 Å². The first-order valence-corrected chi connectivity index (χ1v) is 10.1. The summed E-state index contributed by atoms with van der Waals surface area (Å²) in [5.74, 6) is 3.35. The van der Waals surface area contributed by atoms with Crippen molar-refractivity contribution in [1.29, 1.82) is 0 Å². The third kappa shape index (κ3) is 10.6. The topological polar surface area (TPSA) is 46.5 Å². The van der Waals surface area contributed by atoms with Gasteiger partial charge >= 0.3 is 5.97 Å². The van der Waals surface area contributed by atoms with E-state index in [0.717, 1.165) is 50.7 Å². The summed E-state index contributed by atoms with van der Waals surface area (Å²) in [5.41, 5.74) is 0. The van der Waals surface area contributed by atoms with Crippen LogP contribution in [-0.4, -0.2) is 35.8 Å². The molecule has 1 aliphatic rings. The minimum absolute atomic E-state index is 0.806. The second-order valence-electron chi connectivity index (χ2n) is 6.15. The molecular weight excluding hydrogens is 308 g/mol. The number of hydrogen-bond donors (Lipinski definition) is 1. The summed E-state index contributed by atoms with van der Waals surface area (Å²) in [6, 6.07) is 0. The van der Waals surface area contributed by atoms with Crippen molar-refractivity contribution in [2.75, 3.05) is 24.7 Å². The van der Waals surface area contributed by atoms with Gasteiger partial charge in [0, 0.05) is 12.7 Å². The highest BCUT2D eigenvalue weighted by molar-refractivity contribution is 7.99. The molecule has 3 nitrogen and oxygen atoms in total. The Morgan fingerprint density at radius 3 is 2.61 bits per heavy atom. The molecule has 0 radical (unpaired) electrons. The van der Waals surface area contributed by atoms with Crippen LogP contribution in [0, 0.1) is 11.8 Å². The first-order chi connectivity index (χ1) is 11.2. The van der Waals surface area contributed by atoms with E-state index in [-0.39, 0.29) is 0 Å². The Kier molecular flexibility index (Phi) is 12.1. The lowest BCUT2D eigenvalue weighted by molar-refractivity contribution is -0.131. The maximum atomic E-state index is 10.4. The maximum absolute atomic E-state index is 10.4. The standard InChI is InChI=1S/C19H32O3S/c1-2-3-4-9-13-22-14-12-18-16-23-15-17(18)10-7-5-6-8-11-19(20)21/h3-4,8,11,17-18H,2,5-7,9-10,12-16H2,1H3,(H,20,21)/b4-3+,11-8+. The average molecular weight is 341 g/mol. The smallest absolute Gasteiger partial charge is 0.327 e. The number of rotatable bonds is 13. The molecular formula is C19H32O3S. The van der Waals surface area contributed by atoms with Gasteiger partial charge in [-0.05, 0) is 61.9 Å². The molecule has 1 saturated heterocycles. The number of ether oxygens (including phenoxy) is 1. The van der Waals surface area contributed by atoms with E-state index in [9.17, 15) is 4.79 Å². The molecule has 0 aromatic heterocycles. The highest BCUT2D eigenvalue weighted by Crippen LogP contribution is 2.35. The molecule has 1 N–H and O–H groups in total. The van der Waals surface area contributed by atoms with Crippen LogP contribution >= 0.6 is 11.8 Å². The van der Waals surface area contributed by atoms with E-state index in [0.29, 0.717) is 0 Å². The number of carboxylic acids is 1. The molecule has 2 unspecified atom stereocenters. The molecule has 23 heavy (non-hydrogen) atoms. The number of allylic oxidation sites excluding steroid dienone is 2. The fraction of sp³-hybridized carbons (Fsp3) is 0.737.